The summed E-state index contributed by atoms with van der Waals surface area (Å²) in [7, 11) is 0. The van der Waals surface area contributed by atoms with Gasteiger partial charge in [0.2, 0.25) is 0 Å². The van der Waals surface area contributed by atoms with Crippen LogP contribution in [0.5, 0.6) is 0 Å². The van der Waals surface area contributed by atoms with E-state index in [0.29, 0.717) is 0 Å². The average molecular weight is 164 g/mol. The highest BCUT2D eigenvalue weighted by Crippen LogP contribution is 2.09. The van der Waals surface area contributed by atoms with Crippen LogP contribution >= 0.6 is 0 Å². The number of hydrogen-bond acceptors (Lipinski definition) is 0. The van der Waals surface area contributed by atoms with Crippen LogP contribution in [0.4, 0.5) is 0 Å². The molecule has 1 rings (SSSR count). The Hall–Kier alpha value is -0.520. The Morgan fingerprint density at radius 3 is 1.58 bits per heavy atom. The second-order valence-corrected chi connectivity index (χ2v) is 3.52. The first-order chi connectivity index (χ1) is 6.00. The normalized spacial score (nSPS) is 26.7. The molecular formula is C12H20. The molecule has 1 aliphatic rings. The van der Waals surface area contributed by atoms with Gasteiger partial charge in [-0.25, -0.2) is 0 Å². The van der Waals surface area contributed by atoms with Gasteiger partial charge in [-0.1, -0.05) is 43.6 Å². The van der Waals surface area contributed by atoms with Crippen molar-refractivity contribution in [1.29, 1.82) is 0 Å². The molecule has 0 aliphatic heterocycles. The molecule has 0 unspecified atom stereocenters. The zero-order valence-electron chi connectivity index (χ0n) is 7.97. The van der Waals surface area contributed by atoms with Crippen molar-refractivity contribution in [2.24, 2.45) is 0 Å². The molecule has 0 aromatic carbocycles. The van der Waals surface area contributed by atoms with Crippen LogP contribution in [0.25, 0.3) is 0 Å². The predicted octanol–water partition coefficient (Wildman–Crippen LogP) is 4.23. The summed E-state index contributed by atoms with van der Waals surface area (Å²) >= 11 is 0. The summed E-state index contributed by atoms with van der Waals surface area (Å²) in [6.45, 7) is 0. The van der Waals surface area contributed by atoms with Crippen molar-refractivity contribution in [2.75, 3.05) is 0 Å². The lowest BCUT2D eigenvalue weighted by atomic mass is 10.1. The molecule has 0 aromatic heterocycles. The molecule has 12 heavy (non-hydrogen) atoms. The van der Waals surface area contributed by atoms with E-state index in [0.717, 1.165) is 6.42 Å². The second-order valence-electron chi connectivity index (χ2n) is 3.52. The predicted molar refractivity (Wildman–Crippen MR) is 55.2 cm³/mol. The zero-order valence-corrected chi connectivity index (χ0v) is 7.97. The highest BCUT2D eigenvalue weighted by molar-refractivity contribution is 4.92. The second kappa shape index (κ2) is 7.15. The number of rotatable bonds is 0. The third-order valence-corrected chi connectivity index (χ3v) is 2.35. The van der Waals surface area contributed by atoms with Crippen LogP contribution in [0.15, 0.2) is 24.3 Å². The molecule has 0 fully saturated rings. The number of hydrogen-bond donors (Lipinski definition) is 0. The van der Waals surface area contributed by atoms with Crippen LogP contribution in [0.2, 0.25) is 0 Å². The fraction of sp³-hybridized carbons (Fsp3) is 0.667. The van der Waals surface area contributed by atoms with E-state index in [1.807, 2.05) is 0 Å². The van der Waals surface area contributed by atoms with Gasteiger partial charge in [0.05, 0.1) is 0 Å². The molecule has 0 aromatic rings. The molecule has 0 radical (unpaired) electrons. The molecule has 0 heterocycles. The first kappa shape index (κ1) is 9.57. The molecule has 0 saturated heterocycles. The van der Waals surface area contributed by atoms with Gasteiger partial charge in [-0.15, -0.1) is 0 Å². The zero-order chi connectivity index (χ0) is 8.49. The summed E-state index contributed by atoms with van der Waals surface area (Å²) < 4.78 is 0. The van der Waals surface area contributed by atoms with Gasteiger partial charge in [0.1, 0.15) is 0 Å². The van der Waals surface area contributed by atoms with E-state index in [2.05, 4.69) is 24.3 Å². The molecule has 0 saturated carbocycles. The van der Waals surface area contributed by atoms with Crippen molar-refractivity contribution in [3.05, 3.63) is 24.3 Å². The minimum Gasteiger partial charge on any atom is -0.0882 e. The van der Waals surface area contributed by atoms with Crippen LogP contribution in [-0.4, -0.2) is 0 Å². The molecule has 0 atom stereocenters. The van der Waals surface area contributed by atoms with Crippen molar-refractivity contribution in [2.45, 2.75) is 51.4 Å². The topological polar surface area (TPSA) is 0 Å². The van der Waals surface area contributed by atoms with Crippen molar-refractivity contribution >= 4 is 0 Å². The van der Waals surface area contributed by atoms with E-state index in [1.54, 1.807) is 0 Å². The lowest BCUT2D eigenvalue weighted by Crippen LogP contribution is -1.79. The Kier molecular flexibility index (Phi) is 5.70. The monoisotopic (exact) mass is 164 g/mol. The Morgan fingerprint density at radius 2 is 1.00 bits per heavy atom. The van der Waals surface area contributed by atoms with Gasteiger partial charge in [-0.05, 0) is 32.1 Å². The summed E-state index contributed by atoms with van der Waals surface area (Å²) in [4.78, 5) is 0. The molecule has 1 aliphatic carbocycles. The van der Waals surface area contributed by atoms with Crippen LogP contribution in [0, 0.1) is 0 Å². The summed E-state index contributed by atoms with van der Waals surface area (Å²) in [5, 5.41) is 0. The highest BCUT2D eigenvalue weighted by Gasteiger charge is 1.89. The van der Waals surface area contributed by atoms with E-state index in [9.17, 15) is 0 Å². The molecule has 68 valence electrons. The molecule has 0 amide bonds. The smallest absolute Gasteiger partial charge is 0.0169 e. The quantitative estimate of drug-likeness (QED) is 0.470. The Balaban J connectivity index is 2.20. The Bertz CT molecular complexity index is 126. The first-order valence-corrected chi connectivity index (χ1v) is 5.30. The van der Waals surface area contributed by atoms with Gasteiger partial charge in [0.25, 0.3) is 0 Å². The van der Waals surface area contributed by atoms with Crippen molar-refractivity contribution in [1.82, 2.24) is 0 Å². The average Bonchev–Trinajstić information content (AvgIpc) is 2.05. The van der Waals surface area contributed by atoms with Gasteiger partial charge >= 0.3 is 0 Å². The lowest BCUT2D eigenvalue weighted by Gasteiger charge is -1.99. The third kappa shape index (κ3) is 5.17. The van der Waals surface area contributed by atoms with Crippen LogP contribution in [0.3, 0.4) is 0 Å². The minimum absolute atomic E-state index is 1.14. The summed E-state index contributed by atoms with van der Waals surface area (Å²) in [6, 6.07) is 0. The van der Waals surface area contributed by atoms with E-state index >= 15 is 0 Å². The van der Waals surface area contributed by atoms with E-state index < -0.39 is 0 Å². The largest absolute Gasteiger partial charge is 0.0882 e. The van der Waals surface area contributed by atoms with E-state index in [-0.39, 0.29) is 0 Å². The van der Waals surface area contributed by atoms with Gasteiger partial charge in [-0.3, -0.25) is 0 Å². The standard InChI is InChI=1S/C12H20/c1-2-4-6-8-10-12-11-9-7-5-3-1/h1-2,5,7H,3-4,6,8-12H2/b2-1+,7-5+. The number of allylic oxidation sites excluding steroid dienone is 4. The van der Waals surface area contributed by atoms with Gasteiger partial charge in [0.15, 0.2) is 0 Å². The first-order valence-electron chi connectivity index (χ1n) is 5.30. The Labute approximate surface area is 76.4 Å². The van der Waals surface area contributed by atoms with Crippen LogP contribution in [-0.2, 0) is 0 Å². The summed E-state index contributed by atoms with van der Waals surface area (Å²) in [6.07, 6.45) is 20.0. The van der Waals surface area contributed by atoms with Gasteiger partial charge in [0, 0.05) is 0 Å². The molecular weight excluding hydrogens is 144 g/mol. The molecule has 0 nitrogen and oxygen atoms in total. The van der Waals surface area contributed by atoms with Crippen LogP contribution in [0.1, 0.15) is 51.4 Å². The fourth-order valence-corrected chi connectivity index (χ4v) is 1.56. The molecule has 0 N–H and O–H groups in total. The Morgan fingerprint density at radius 1 is 0.500 bits per heavy atom. The highest BCUT2D eigenvalue weighted by atomic mass is 14.0. The fourth-order valence-electron chi connectivity index (χ4n) is 1.56. The van der Waals surface area contributed by atoms with Gasteiger partial charge < -0.3 is 0 Å². The van der Waals surface area contributed by atoms with Crippen LogP contribution < -0.4 is 0 Å². The maximum absolute atomic E-state index is 2.33. The minimum atomic E-state index is 1.14. The van der Waals surface area contributed by atoms with Gasteiger partial charge in [-0.2, -0.15) is 0 Å². The van der Waals surface area contributed by atoms with E-state index in [1.165, 1.54) is 44.9 Å². The van der Waals surface area contributed by atoms with E-state index in [4.69, 9.17) is 0 Å². The summed E-state index contributed by atoms with van der Waals surface area (Å²) in [5.41, 5.74) is 0. The summed E-state index contributed by atoms with van der Waals surface area (Å²) in [5.74, 6) is 0. The van der Waals surface area contributed by atoms with Crippen molar-refractivity contribution in [3.63, 3.8) is 0 Å². The third-order valence-electron chi connectivity index (χ3n) is 2.35. The van der Waals surface area contributed by atoms with Crippen molar-refractivity contribution in [3.8, 4) is 0 Å². The molecule has 0 heteroatoms. The SMILES string of the molecule is C1=C/CCCCCCC/C=C/C/1. The van der Waals surface area contributed by atoms with Crippen molar-refractivity contribution < 1.29 is 0 Å². The molecule has 0 spiro atoms. The maximum atomic E-state index is 2.33. The maximum Gasteiger partial charge on any atom is -0.0169 e. The molecule has 0 bridgehead atoms. The lowest BCUT2D eigenvalue weighted by molar-refractivity contribution is 0.621.